The predicted octanol–water partition coefficient (Wildman–Crippen LogP) is 1.64. The number of amides is 1. The Bertz CT molecular complexity index is 817. The predicted molar refractivity (Wildman–Crippen MR) is 94.4 cm³/mol. The molecule has 7 nitrogen and oxygen atoms in total. The Kier molecular flexibility index (Phi) is 6.00. The van der Waals surface area contributed by atoms with Crippen LogP contribution in [0.5, 0.6) is 5.75 Å². The third kappa shape index (κ3) is 4.49. The first-order valence-electron chi connectivity index (χ1n) is 7.47. The lowest BCUT2D eigenvalue weighted by Gasteiger charge is -2.20. The van der Waals surface area contributed by atoms with E-state index in [0.29, 0.717) is 30.2 Å². The molecule has 2 aromatic carbocycles. The number of methoxy groups -OCH3 is 1. The van der Waals surface area contributed by atoms with Crippen LogP contribution < -0.4 is 14.8 Å². The fraction of sp³-hybridized carbons (Fsp3) is 0.235. The van der Waals surface area contributed by atoms with E-state index in [-0.39, 0.29) is 4.90 Å². The Morgan fingerprint density at radius 3 is 2.16 bits per heavy atom. The largest absolute Gasteiger partial charge is 0.491 e. The number of hydrogen-bond donors (Lipinski definition) is 1. The quantitative estimate of drug-likeness (QED) is 0.718. The van der Waals surface area contributed by atoms with Gasteiger partial charge >= 0.3 is 0 Å². The van der Waals surface area contributed by atoms with Gasteiger partial charge in [0.25, 0.3) is 10.0 Å². The smallest absolute Gasteiger partial charge is 0.264 e. The van der Waals surface area contributed by atoms with Gasteiger partial charge in [0.1, 0.15) is 12.4 Å². The number of nitrogens with two attached hydrogens (primary N) is 1. The first kappa shape index (κ1) is 18.8. The summed E-state index contributed by atoms with van der Waals surface area (Å²) in [4.78, 5) is 11.2. The maximum Gasteiger partial charge on any atom is 0.264 e. The number of benzene rings is 2. The summed E-state index contributed by atoms with van der Waals surface area (Å²) in [5.74, 6) is -0.00872. The van der Waals surface area contributed by atoms with Crippen molar-refractivity contribution < 1.29 is 22.7 Å². The molecule has 0 bridgehead atoms. The van der Waals surface area contributed by atoms with E-state index in [9.17, 15) is 13.2 Å². The van der Waals surface area contributed by atoms with Gasteiger partial charge in [0, 0.05) is 19.7 Å². The highest BCUT2D eigenvalue weighted by Gasteiger charge is 2.21. The summed E-state index contributed by atoms with van der Waals surface area (Å²) < 4.78 is 36.8. The van der Waals surface area contributed by atoms with E-state index in [1.165, 1.54) is 43.4 Å². The van der Waals surface area contributed by atoms with Crippen LogP contribution in [0.15, 0.2) is 53.4 Å². The molecule has 134 valence electrons. The second-order valence-electron chi connectivity index (χ2n) is 5.20. The molecular weight excluding hydrogens is 344 g/mol. The maximum absolute atomic E-state index is 12.7. The van der Waals surface area contributed by atoms with Gasteiger partial charge in [-0.05, 0) is 48.5 Å². The summed E-state index contributed by atoms with van der Waals surface area (Å²) in [6.45, 7) is 0.832. The second kappa shape index (κ2) is 8.00. The van der Waals surface area contributed by atoms with E-state index in [1.807, 2.05) is 0 Å². The molecule has 0 spiro atoms. The molecule has 25 heavy (non-hydrogen) atoms. The lowest BCUT2D eigenvalue weighted by molar-refractivity contribution is 0.100. The third-order valence-electron chi connectivity index (χ3n) is 3.55. The van der Waals surface area contributed by atoms with Crippen molar-refractivity contribution in [2.75, 3.05) is 31.7 Å². The molecule has 0 unspecified atom stereocenters. The van der Waals surface area contributed by atoms with Crippen molar-refractivity contribution in [2.45, 2.75) is 4.90 Å². The summed E-state index contributed by atoms with van der Waals surface area (Å²) in [6, 6.07) is 12.2. The minimum absolute atomic E-state index is 0.132. The van der Waals surface area contributed by atoms with E-state index in [0.717, 1.165) is 4.31 Å². The summed E-state index contributed by atoms with van der Waals surface area (Å²) in [5, 5.41) is 0. The maximum atomic E-state index is 12.7. The van der Waals surface area contributed by atoms with Crippen molar-refractivity contribution in [3.63, 3.8) is 0 Å². The Morgan fingerprint density at radius 2 is 1.64 bits per heavy atom. The van der Waals surface area contributed by atoms with Crippen LogP contribution in [0.4, 0.5) is 5.69 Å². The Labute approximate surface area is 147 Å². The van der Waals surface area contributed by atoms with Crippen molar-refractivity contribution >= 4 is 21.6 Å². The van der Waals surface area contributed by atoms with E-state index in [2.05, 4.69) is 0 Å². The zero-order chi connectivity index (χ0) is 18.4. The summed E-state index contributed by atoms with van der Waals surface area (Å²) in [6.07, 6.45) is 0. The number of rotatable bonds is 8. The molecule has 2 rings (SSSR count). The molecule has 0 radical (unpaired) electrons. The van der Waals surface area contributed by atoms with Gasteiger partial charge < -0.3 is 15.2 Å². The van der Waals surface area contributed by atoms with Gasteiger partial charge in [-0.15, -0.1) is 0 Å². The van der Waals surface area contributed by atoms with Gasteiger partial charge in [0.05, 0.1) is 17.2 Å². The van der Waals surface area contributed by atoms with E-state index in [1.54, 1.807) is 19.2 Å². The van der Waals surface area contributed by atoms with E-state index in [4.69, 9.17) is 15.2 Å². The number of ether oxygens (including phenoxy) is 2. The number of anilines is 1. The number of carbonyl (C=O) groups is 1. The summed E-state index contributed by atoms with van der Waals surface area (Å²) in [5.41, 5.74) is 5.92. The SMILES string of the molecule is COCCOc1ccc(S(=O)(=O)N(C)c2ccc(C(N)=O)cc2)cc1. The van der Waals surface area contributed by atoms with E-state index < -0.39 is 15.9 Å². The van der Waals surface area contributed by atoms with E-state index >= 15 is 0 Å². The number of sulfonamides is 1. The van der Waals surface area contributed by atoms with Gasteiger partial charge in [-0.1, -0.05) is 0 Å². The second-order valence-corrected chi connectivity index (χ2v) is 7.17. The van der Waals surface area contributed by atoms with Crippen molar-refractivity contribution in [1.29, 1.82) is 0 Å². The van der Waals surface area contributed by atoms with Crippen LogP contribution in [0, 0.1) is 0 Å². The Hall–Kier alpha value is -2.58. The molecule has 0 saturated carbocycles. The Morgan fingerprint density at radius 1 is 1.04 bits per heavy atom. The average Bonchev–Trinajstić information content (AvgIpc) is 2.62. The third-order valence-corrected chi connectivity index (χ3v) is 5.35. The lowest BCUT2D eigenvalue weighted by Crippen LogP contribution is -2.26. The summed E-state index contributed by atoms with van der Waals surface area (Å²) >= 11 is 0. The van der Waals surface area contributed by atoms with Crippen LogP contribution in [0.2, 0.25) is 0 Å². The monoisotopic (exact) mass is 364 g/mol. The molecule has 0 atom stereocenters. The number of hydrogen-bond acceptors (Lipinski definition) is 5. The van der Waals surface area contributed by atoms with Gasteiger partial charge in [0.2, 0.25) is 5.91 Å². The number of nitrogens with zero attached hydrogens (tertiary/aromatic N) is 1. The van der Waals surface area contributed by atoms with Gasteiger partial charge in [-0.3, -0.25) is 9.10 Å². The fourth-order valence-corrected chi connectivity index (χ4v) is 3.28. The van der Waals surface area contributed by atoms with Crippen LogP contribution in [0.25, 0.3) is 0 Å². The average molecular weight is 364 g/mol. The molecule has 0 fully saturated rings. The van der Waals surface area contributed by atoms with Crippen molar-refractivity contribution in [3.05, 3.63) is 54.1 Å². The Balaban J connectivity index is 2.17. The molecule has 1 amide bonds. The standard InChI is InChI=1S/C17H20N2O5S/c1-19(14-5-3-13(4-6-14)17(18)20)25(21,22)16-9-7-15(8-10-16)24-12-11-23-2/h3-10H,11-12H2,1-2H3,(H2,18,20). The molecule has 2 aromatic rings. The highest BCUT2D eigenvalue weighted by Crippen LogP contribution is 2.24. The zero-order valence-corrected chi connectivity index (χ0v) is 14.8. The minimum Gasteiger partial charge on any atom is -0.491 e. The summed E-state index contributed by atoms with van der Waals surface area (Å²) in [7, 11) is -0.714. The molecule has 0 aromatic heterocycles. The van der Waals surface area contributed by atoms with Crippen LogP contribution in [-0.4, -0.2) is 41.7 Å². The molecule has 2 N–H and O–H groups in total. The molecular formula is C17H20N2O5S. The van der Waals surface area contributed by atoms with Gasteiger partial charge in [-0.2, -0.15) is 0 Å². The molecule has 0 aliphatic heterocycles. The van der Waals surface area contributed by atoms with Crippen LogP contribution in [0.3, 0.4) is 0 Å². The topological polar surface area (TPSA) is 98.9 Å². The molecule has 0 aliphatic rings. The number of primary amides is 1. The lowest BCUT2D eigenvalue weighted by atomic mass is 10.2. The molecule has 0 saturated heterocycles. The van der Waals surface area contributed by atoms with Crippen LogP contribution in [0.1, 0.15) is 10.4 Å². The van der Waals surface area contributed by atoms with Crippen LogP contribution in [-0.2, 0) is 14.8 Å². The van der Waals surface area contributed by atoms with Crippen LogP contribution >= 0.6 is 0 Å². The molecule has 8 heteroatoms. The first-order valence-corrected chi connectivity index (χ1v) is 8.91. The van der Waals surface area contributed by atoms with Gasteiger partial charge in [-0.25, -0.2) is 8.42 Å². The minimum atomic E-state index is -3.73. The zero-order valence-electron chi connectivity index (χ0n) is 14.0. The fourth-order valence-electron chi connectivity index (χ4n) is 2.08. The van der Waals surface area contributed by atoms with Crippen molar-refractivity contribution in [1.82, 2.24) is 0 Å². The van der Waals surface area contributed by atoms with Crippen molar-refractivity contribution in [3.8, 4) is 5.75 Å². The van der Waals surface area contributed by atoms with Crippen molar-refractivity contribution in [2.24, 2.45) is 5.73 Å². The number of carbonyl (C=O) groups excluding carboxylic acids is 1. The molecule has 0 aliphatic carbocycles. The van der Waals surface area contributed by atoms with Gasteiger partial charge in [0.15, 0.2) is 0 Å². The highest BCUT2D eigenvalue weighted by atomic mass is 32.2. The highest BCUT2D eigenvalue weighted by molar-refractivity contribution is 7.92. The normalized spacial score (nSPS) is 11.1. The first-order chi connectivity index (χ1) is 11.9. The molecule has 0 heterocycles.